The van der Waals surface area contributed by atoms with E-state index in [1.807, 2.05) is 0 Å². The Balaban J connectivity index is 1.85. The molecule has 1 amide bonds. The largest absolute Gasteiger partial charge is 0.481 e. The molecule has 0 bridgehead atoms. The highest BCUT2D eigenvalue weighted by Crippen LogP contribution is 2.52. The maximum Gasteiger partial charge on any atom is 0.307 e. The molecule has 3 aliphatic rings. The zero-order valence-electron chi connectivity index (χ0n) is 18.2. The summed E-state index contributed by atoms with van der Waals surface area (Å²) in [6, 6.07) is 4.31. The summed E-state index contributed by atoms with van der Waals surface area (Å²) in [4.78, 5) is 28.3. The van der Waals surface area contributed by atoms with Crippen molar-refractivity contribution in [2.24, 2.45) is 11.8 Å². The van der Waals surface area contributed by atoms with Gasteiger partial charge in [-0.2, -0.15) is 0 Å². The summed E-state index contributed by atoms with van der Waals surface area (Å²) in [5.41, 5.74) is 4.67. The summed E-state index contributed by atoms with van der Waals surface area (Å²) >= 11 is 0. The maximum absolute atomic E-state index is 14.1. The molecule has 2 fully saturated rings. The number of hydrogen-bond acceptors (Lipinski definition) is 2. The van der Waals surface area contributed by atoms with Gasteiger partial charge < -0.3 is 10.0 Å². The maximum atomic E-state index is 14.1. The van der Waals surface area contributed by atoms with Crippen LogP contribution in [0.1, 0.15) is 93.7 Å². The van der Waals surface area contributed by atoms with Gasteiger partial charge in [-0.1, -0.05) is 51.2 Å². The number of benzene rings is 1. The van der Waals surface area contributed by atoms with Crippen molar-refractivity contribution in [1.29, 1.82) is 0 Å². The van der Waals surface area contributed by atoms with Crippen molar-refractivity contribution in [2.75, 3.05) is 4.90 Å². The van der Waals surface area contributed by atoms with Crippen LogP contribution < -0.4 is 4.90 Å². The number of nitrogens with zero attached hydrogens (tertiary/aromatic N) is 1. The zero-order chi connectivity index (χ0) is 20.8. The van der Waals surface area contributed by atoms with Crippen molar-refractivity contribution >= 4 is 17.6 Å². The Morgan fingerprint density at radius 1 is 0.966 bits per heavy atom. The van der Waals surface area contributed by atoms with E-state index in [2.05, 4.69) is 37.8 Å². The second-order valence-electron chi connectivity index (χ2n) is 9.86. The molecule has 0 aromatic heterocycles. The average molecular weight is 398 g/mol. The second kappa shape index (κ2) is 7.77. The van der Waals surface area contributed by atoms with E-state index in [0.717, 1.165) is 56.2 Å². The number of carbonyl (C=O) groups is 2. The van der Waals surface area contributed by atoms with Crippen molar-refractivity contribution in [1.82, 2.24) is 0 Å². The monoisotopic (exact) mass is 397 g/mol. The summed E-state index contributed by atoms with van der Waals surface area (Å²) in [5.74, 6) is -1.21. The molecule has 1 N–H and O–H groups in total. The van der Waals surface area contributed by atoms with Crippen LogP contribution in [0.4, 0.5) is 5.69 Å². The third-order valence-electron chi connectivity index (χ3n) is 7.92. The average Bonchev–Trinajstić information content (AvgIpc) is 2.70. The van der Waals surface area contributed by atoms with E-state index in [1.54, 1.807) is 0 Å². The van der Waals surface area contributed by atoms with E-state index in [0.29, 0.717) is 18.8 Å². The van der Waals surface area contributed by atoms with Gasteiger partial charge in [0.1, 0.15) is 0 Å². The Morgan fingerprint density at radius 2 is 1.59 bits per heavy atom. The number of fused-ring (bicyclic) bond motifs is 1. The van der Waals surface area contributed by atoms with Gasteiger partial charge in [-0.15, -0.1) is 0 Å². The lowest BCUT2D eigenvalue weighted by Gasteiger charge is -2.54. The van der Waals surface area contributed by atoms with E-state index in [1.165, 1.54) is 17.5 Å². The van der Waals surface area contributed by atoms with E-state index >= 15 is 0 Å². The molecule has 1 aromatic carbocycles. The van der Waals surface area contributed by atoms with Gasteiger partial charge in [0, 0.05) is 5.54 Å². The molecule has 3 unspecified atom stereocenters. The predicted octanol–water partition coefficient (Wildman–Crippen LogP) is 5.74. The summed E-state index contributed by atoms with van der Waals surface area (Å²) < 4.78 is 0. The van der Waals surface area contributed by atoms with Crippen LogP contribution >= 0.6 is 0 Å². The minimum absolute atomic E-state index is 0.0841. The lowest BCUT2D eigenvalue weighted by molar-refractivity contribution is -0.148. The van der Waals surface area contributed by atoms with Gasteiger partial charge >= 0.3 is 5.97 Å². The Kier molecular flexibility index (Phi) is 5.48. The fraction of sp³-hybridized carbons (Fsp3) is 0.680. The predicted molar refractivity (Wildman–Crippen MR) is 115 cm³/mol. The minimum atomic E-state index is -0.799. The van der Waals surface area contributed by atoms with E-state index < -0.39 is 11.9 Å². The first-order valence-corrected chi connectivity index (χ1v) is 11.5. The highest BCUT2D eigenvalue weighted by molar-refractivity contribution is 6.00. The lowest BCUT2D eigenvalue weighted by Crippen LogP contribution is -2.59. The van der Waals surface area contributed by atoms with E-state index in [4.69, 9.17) is 0 Å². The third-order valence-corrected chi connectivity index (χ3v) is 7.92. The number of aryl methyl sites for hydroxylation is 2. The van der Waals surface area contributed by atoms with Gasteiger partial charge in [-0.25, -0.2) is 0 Å². The van der Waals surface area contributed by atoms with Crippen LogP contribution in [0.5, 0.6) is 0 Å². The Morgan fingerprint density at radius 3 is 2.24 bits per heavy atom. The first kappa shape index (κ1) is 20.4. The van der Waals surface area contributed by atoms with E-state index in [9.17, 15) is 14.7 Å². The Labute approximate surface area is 174 Å². The highest BCUT2D eigenvalue weighted by atomic mass is 16.4. The molecule has 2 aliphatic carbocycles. The van der Waals surface area contributed by atoms with Crippen LogP contribution in [0, 0.1) is 25.7 Å². The molecular weight excluding hydrogens is 362 g/mol. The topological polar surface area (TPSA) is 57.6 Å². The second-order valence-corrected chi connectivity index (χ2v) is 9.86. The molecule has 158 valence electrons. The number of anilines is 1. The van der Waals surface area contributed by atoms with Crippen molar-refractivity contribution < 1.29 is 14.7 Å². The number of hydrogen-bond donors (Lipinski definition) is 1. The minimum Gasteiger partial charge on any atom is -0.481 e. The Hall–Kier alpha value is -1.84. The molecule has 4 rings (SSSR count). The molecule has 2 saturated carbocycles. The molecule has 4 heteroatoms. The summed E-state index contributed by atoms with van der Waals surface area (Å²) in [7, 11) is 0. The quantitative estimate of drug-likeness (QED) is 0.692. The normalized spacial score (nSPS) is 28.8. The number of carboxylic acid groups (broad SMARTS) is 1. The molecule has 1 aromatic rings. The van der Waals surface area contributed by atoms with Crippen molar-refractivity contribution in [3.05, 3.63) is 28.8 Å². The zero-order valence-corrected chi connectivity index (χ0v) is 18.2. The summed E-state index contributed by atoms with van der Waals surface area (Å²) in [6.45, 7) is 6.57. The number of carbonyl (C=O) groups excluding carboxylic acids is 1. The van der Waals surface area contributed by atoms with Crippen LogP contribution in [0.15, 0.2) is 12.1 Å². The highest BCUT2D eigenvalue weighted by Gasteiger charge is 2.50. The van der Waals surface area contributed by atoms with E-state index in [-0.39, 0.29) is 17.4 Å². The van der Waals surface area contributed by atoms with Gasteiger partial charge in [0.15, 0.2) is 0 Å². The number of aliphatic carboxylic acids is 1. The van der Waals surface area contributed by atoms with Crippen LogP contribution in [0.2, 0.25) is 0 Å². The van der Waals surface area contributed by atoms with Crippen molar-refractivity contribution in [3.63, 3.8) is 0 Å². The molecule has 0 saturated heterocycles. The molecular formula is C25H35NO3. The van der Waals surface area contributed by atoms with Crippen LogP contribution in [0.25, 0.3) is 0 Å². The van der Waals surface area contributed by atoms with Gasteiger partial charge in [0.05, 0.1) is 17.5 Å². The smallest absolute Gasteiger partial charge is 0.307 e. The van der Waals surface area contributed by atoms with Crippen LogP contribution in [-0.4, -0.2) is 22.5 Å². The molecule has 1 aliphatic heterocycles. The van der Waals surface area contributed by atoms with Crippen LogP contribution in [-0.2, 0) is 9.59 Å². The third kappa shape index (κ3) is 3.39. The molecule has 29 heavy (non-hydrogen) atoms. The first-order valence-electron chi connectivity index (χ1n) is 11.5. The lowest BCUT2D eigenvalue weighted by atomic mass is 9.68. The first-order chi connectivity index (χ1) is 13.9. The van der Waals surface area contributed by atoms with Crippen molar-refractivity contribution in [3.8, 4) is 0 Å². The summed E-state index contributed by atoms with van der Waals surface area (Å²) in [6.07, 6.45) is 9.84. The number of carboxylic acids is 1. The van der Waals surface area contributed by atoms with Gasteiger partial charge in [0.25, 0.3) is 0 Å². The molecule has 1 heterocycles. The molecule has 3 atom stereocenters. The molecule has 4 nitrogen and oxygen atoms in total. The SMILES string of the molecule is Cc1ccc(C)c2c1C(C)CC1(CCCCC1)N2C(=O)C1CCCCC1C(=O)O. The fourth-order valence-electron chi connectivity index (χ4n) is 6.61. The standard InChI is InChI=1S/C25H35NO3/c1-16-11-12-17(2)22-21(16)18(3)15-25(13-7-4-8-14-25)26(22)23(27)19-9-5-6-10-20(19)24(28)29/h11-12,18-20H,4-10,13-15H2,1-3H3,(H,28,29). The van der Waals surface area contributed by atoms with Crippen LogP contribution in [0.3, 0.4) is 0 Å². The molecule has 0 radical (unpaired) electrons. The Bertz CT molecular complexity index is 809. The van der Waals surface area contributed by atoms with Gasteiger partial charge in [-0.05, 0) is 68.6 Å². The number of rotatable bonds is 2. The fourth-order valence-corrected chi connectivity index (χ4v) is 6.61. The van der Waals surface area contributed by atoms with Crippen molar-refractivity contribution in [2.45, 2.75) is 96.4 Å². The van der Waals surface area contributed by atoms with Gasteiger partial charge in [-0.3, -0.25) is 9.59 Å². The summed E-state index contributed by atoms with van der Waals surface area (Å²) in [5, 5.41) is 9.82. The number of amides is 1. The van der Waals surface area contributed by atoms with Gasteiger partial charge in [0.2, 0.25) is 5.91 Å². The molecule has 1 spiro atoms.